The van der Waals surface area contributed by atoms with Crippen molar-refractivity contribution in [1.82, 2.24) is 20.1 Å². The molecule has 0 saturated carbocycles. The average molecular weight is 561 g/mol. The fourth-order valence-electron chi connectivity index (χ4n) is 4.80. The molecule has 1 saturated heterocycles. The van der Waals surface area contributed by atoms with E-state index in [-0.39, 0.29) is 36.7 Å². The van der Waals surface area contributed by atoms with Crippen LogP contribution in [0.5, 0.6) is 0 Å². The summed E-state index contributed by atoms with van der Waals surface area (Å²) in [5.74, 6) is -0.541. The number of aryl methyl sites for hydroxylation is 1. The molecule has 1 unspecified atom stereocenters. The number of fused-ring (bicyclic) bond motifs is 1. The summed E-state index contributed by atoms with van der Waals surface area (Å²) in [6.07, 6.45) is 2.02. The first-order valence-corrected chi connectivity index (χ1v) is 13.4. The topological polar surface area (TPSA) is 124 Å². The fourth-order valence-corrected chi connectivity index (χ4v) is 4.98. The zero-order chi connectivity index (χ0) is 28.2. The molecule has 0 spiro atoms. The lowest BCUT2D eigenvalue weighted by molar-refractivity contribution is -0.124. The maximum Gasteiger partial charge on any atom is 0.256 e. The third-order valence-electron chi connectivity index (χ3n) is 6.97. The van der Waals surface area contributed by atoms with Gasteiger partial charge in [-0.05, 0) is 60.9 Å². The van der Waals surface area contributed by atoms with Gasteiger partial charge in [0.05, 0.1) is 17.8 Å². The molecule has 0 radical (unpaired) electrons. The molecule has 40 heavy (non-hydrogen) atoms. The Bertz CT molecular complexity index is 1440. The summed E-state index contributed by atoms with van der Waals surface area (Å²) in [6.45, 7) is 4.01. The molecule has 206 valence electrons. The first-order chi connectivity index (χ1) is 19.3. The van der Waals surface area contributed by atoms with E-state index in [1.165, 1.54) is 0 Å². The Morgan fingerprint density at radius 1 is 1.10 bits per heavy atom. The Hall–Kier alpha value is -4.28. The predicted molar refractivity (Wildman–Crippen MR) is 151 cm³/mol. The van der Waals surface area contributed by atoms with Crippen LogP contribution < -0.4 is 16.0 Å². The van der Waals surface area contributed by atoms with E-state index in [4.69, 9.17) is 11.6 Å². The van der Waals surface area contributed by atoms with Crippen LogP contribution in [-0.2, 0) is 16.1 Å². The summed E-state index contributed by atoms with van der Waals surface area (Å²) in [5.41, 5.74) is 2.89. The van der Waals surface area contributed by atoms with Crippen LogP contribution in [0.15, 0.2) is 60.8 Å². The van der Waals surface area contributed by atoms with Crippen molar-refractivity contribution in [3.63, 3.8) is 0 Å². The van der Waals surface area contributed by atoms with Crippen molar-refractivity contribution < 1.29 is 19.2 Å². The molecular weight excluding hydrogens is 532 g/mol. The van der Waals surface area contributed by atoms with Crippen LogP contribution in [0.2, 0.25) is 5.02 Å². The highest BCUT2D eigenvalue weighted by molar-refractivity contribution is 6.31. The molecule has 0 aliphatic carbocycles. The number of hydrogen-bond donors (Lipinski definition) is 3. The molecule has 1 aromatic heterocycles. The Morgan fingerprint density at radius 3 is 2.62 bits per heavy atom. The van der Waals surface area contributed by atoms with Gasteiger partial charge < -0.3 is 20.9 Å². The molecule has 5 rings (SSSR count). The summed E-state index contributed by atoms with van der Waals surface area (Å²) >= 11 is 6.15. The number of pyridine rings is 1. The highest BCUT2D eigenvalue weighted by Crippen LogP contribution is 2.29. The highest BCUT2D eigenvalue weighted by Gasteiger charge is 2.36. The van der Waals surface area contributed by atoms with Crippen molar-refractivity contribution in [3.05, 3.63) is 88.1 Å². The van der Waals surface area contributed by atoms with Gasteiger partial charge >= 0.3 is 0 Å². The van der Waals surface area contributed by atoms with Crippen LogP contribution in [0.25, 0.3) is 0 Å². The van der Waals surface area contributed by atoms with Gasteiger partial charge in [0.1, 0.15) is 11.9 Å². The number of halogens is 1. The van der Waals surface area contributed by atoms with Gasteiger partial charge in [0.25, 0.3) is 11.8 Å². The molecule has 2 aliphatic rings. The van der Waals surface area contributed by atoms with E-state index in [1.807, 2.05) is 17.9 Å². The standard InChI is InChI=1S/C29H29ClN6O4/c1-18-2-9-25(32-15-18)34-27(38)20-5-3-19(4-6-20)16-36-24(10-12-35-13-11-31-26(37)17-35)28(39)33-23-14-21(30)7-8-22(23)29(36)40/h2-9,14-15,24H,10-13,16-17H2,1H3,(H,31,37)(H,33,39)(H,32,34,38). The van der Waals surface area contributed by atoms with E-state index < -0.39 is 6.04 Å². The van der Waals surface area contributed by atoms with E-state index in [0.717, 1.165) is 11.1 Å². The van der Waals surface area contributed by atoms with Gasteiger partial charge in [-0.1, -0.05) is 29.8 Å². The summed E-state index contributed by atoms with van der Waals surface area (Å²) in [7, 11) is 0. The lowest BCUT2D eigenvalue weighted by atomic mass is 10.1. The first kappa shape index (κ1) is 27.3. The van der Waals surface area contributed by atoms with Crippen LogP contribution in [-0.4, -0.2) is 70.6 Å². The number of amides is 4. The van der Waals surface area contributed by atoms with Crippen LogP contribution >= 0.6 is 11.6 Å². The highest BCUT2D eigenvalue weighted by atomic mass is 35.5. The van der Waals surface area contributed by atoms with Crippen molar-refractivity contribution in [1.29, 1.82) is 0 Å². The van der Waals surface area contributed by atoms with Gasteiger partial charge in [0, 0.05) is 43.0 Å². The molecule has 3 heterocycles. The number of anilines is 2. The third kappa shape index (κ3) is 6.30. The van der Waals surface area contributed by atoms with Gasteiger partial charge in [-0.3, -0.25) is 24.1 Å². The largest absolute Gasteiger partial charge is 0.354 e. The Labute approximate surface area is 236 Å². The number of carbonyl (C=O) groups excluding carboxylic acids is 4. The number of nitrogens with zero attached hydrogens (tertiary/aromatic N) is 3. The predicted octanol–water partition coefficient (Wildman–Crippen LogP) is 3.08. The molecule has 3 N–H and O–H groups in total. The smallest absolute Gasteiger partial charge is 0.256 e. The minimum Gasteiger partial charge on any atom is -0.354 e. The Morgan fingerprint density at radius 2 is 1.90 bits per heavy atom. The van der Waals surface area contributed by atoms with Crippen LogP contribution in [0.3, 0.4) is 0 Å². The van der Waals surface area contributed by atoms with Crippen molar-refractivity contribution in [2.45, 2.75) is 25.9 Å². The van der Waals surface area contributed by atoms with E-state index in [2.05, 4.69) is 20.9 Å². The number of nitrogens with one attached hydrogen (secondary N) is 3. The second-order valence-electron chi connectivity index (χ2n) is 9.91. The monoisotopic (exact) mass is 560 g/mol. The third-order valence-corrected chi connectivity index (χ3v) is 7.20. The quantitative estimate of drug-likeness (QED) is 0.408. The molecule has 2 aromatic carbocycles. The van der Waals surface area contributed by atoms with Crippen LogP contribution in [0.4, 0.5) is 11.5 Å². The van der Waals surface area contributed by atoms with Crippen molar-refractivity contribution >= 4 is 46.7 Å². The molecule has 11 heteroatoms. The number of piperazine rings is 1. The maximum absolute atomic E-state index is 13.8. The second-order valence-corrected chi connectivity index (χ2v) is 10.4. The van der Waals surface area contributed by atoms with E-state index >= 15 is 0 Å². The first-order valence-electron chi connectivity index (χ1n) is 13.0. The number of carbonyl (C=O) groups is 4. The van der Waals surface area contributed by atoms with Gasteiger partial charge in [0.15, 0.2) is 0 Å². The van der Waals surface area contributed by atoms with E-state index in [1.54, 1.807) is 59.6 Å². The molecule has 10 nitrogen and oxygen atoms in total. The van der Waals surface area contributed by atoms with Crippen molar-refractivity contribution in [3.8, 4) is 0 Å². The summed E-state index contributed by atoms with van der Waals surface area (Å²) in [4.78, 5) is 59.4. The van der Waals surface area contributed by atoms with Crippen LogP contribution in [0.1, 0.15) is 38.3 Å². The molecule has 1 atom stereocenters. The molecular formula is C29H29ClN6O4. The molecule has 2 aliphatic heterocycles. The lowest BCUT2D eigenvalue weighted by Gasteiger charge is -2.32. The maximum atomic E-state index is 13.8. The lowest BCUT2D eigenvalue weighted by Crippen LogP contribution is -2.50. The van der Waals surface area contributed by atoms with E-state index in [0.29, 0.717) is 53.7 Å². The number of aromatic nitrogens is 1. The normalized spacial score (nSPS) is 17.5. The summed E-state index contributed by atoms with van der Waals surface area (Å²) in [6, 6.07) is 14.5. The number of hydrogen-bond acceptors (Lipinski definition) is 6. The van der Waals surface area contributed by atoms with Crippen LogP contribution in [0, 0.1) is 6.92 Å². The fraction of sp³-hybridized carbons (Fsp3) is 0.276. The number of benzene rings is 2. The van der Waals surface area contributed by atoms with Gasteiger partial charge in [-0.2, -0.15) is 0 Å². The average Bonchev–Trinajstić information content (AvgIpc) is 3.02. The van der Waals surface area contributed by atoms with Gasteiger partial charge in [-0.25, -0.2) is 4.98 Å². The number of rotatable bonds is 7. The minimum absolute atomic E-state index is 0.0613. The molecule has 4 amide bonds. The molecule has 0 bridgehead atoms. The Kier molecular flexibility index (Phi) is 8.09. The van der Waals surface area contributed by atoms with Crippen molar-refractivity contribution in [2.24, 2.45) is 0 Å². The zero-order valence-electron chi connectivity index (χ0n) is 21.9. The Balaban J connectivity index is 1.35. The summed E-state index contributed by atoms with van der Waals surface area (Å²) < 4.78 is 0. The second kappa shape index (κ2) is 11.8. The van der Waals surface area contributed by atoms with E-state index in [9.17, 15) is 19.2 Å². The molecule has 3 aromatic rings. The van der Waals surface area contributed by atoms with Gasteiger partial charge in [0.2, 0.25) is 11.8 Å². The molecule has 1 fully saturated rings. The van der Waals surface area contributed by atoms with Crippen molar-refractivity contribution in [2.75, 3.05) is 36.8 Å². The zero-order valence-corrected chi connectivity index (χ0v) is 22.7. The SMILES string of the molecule is Cc1ccc(NC(=O)c2ccc(CN3C(=O)c4ccc(Cl)cc4NC(=O)C3CCN3CCNC(=O)C3)cc2)nc1. The minimum atomic E-state index is -0.778. The van der Waals surface area contributed by atoms with Gasteiger partial charge in [-0.15, -0.1) is 0 Å². The summed E-state index contributed by atoms with van der Waals surface area (Å²) in [5, 5.41) is 8.84.